The molecule has 1 aliphatic heterocycles. The highest BCUT2D eigenvalue weighted by Crippen LogP contribution is 2.58. The number of nitrogens with one attached hydrogen (secondary N) is 1. The second-order valence-electron chi connectivity index (χ2n) is 4.15. The third kappa shape index (κ3) is 0.926. The molecule has 0 bridgehead atoms. The number of rotatable bonds is 1. The molecule has 1 heterocycles. The van der Waals surface area contributed by atoms with Crippen LogP contribution in [0.5, 0.6) is 0 Å². The standard InChI is InChI=1S/C9H17NO/c1-3-8(2)6-9(8)7-11-5-4-10-9/h10H,3-7H2,1-2H3/t8-,9+/m0/s1. The van der Waals surface area contributed by atoms with E-state index in [4.69, 9.17) is 4.74 Å². The van der Waals surface area contributed by atoms with Crippen LogP contribution >= 0.6 is 0 Å². The van der Waals surface area contributed by atoms with E-state index < -0.39 is 0 Å². The summed E-state index contributed by atoms with van der Waals surface area (Å²) in [6.07, 6.45) is 2.57. The molecule has 0 amide bonds. The van der Waals surface area contributed by atoms with E-state index in [1.54, 1.807) is 0 Å². The molecule has 1 aliphatic carbocycles. The third-order valence-corrected chi connectivity index (χ3v) is 3.56. The molecule has 0 unspecified atom stereocenters. The van der Waals surface area contributed by atoms with Gasteiger partial charge in [0.15, 0.2) is 0 Å². The predicted octanol–water partition coefficient (Wildman–Crippen LogP) is 1.17. The molecule has 2 fully saturated rings. The highest BCUT2D eigenvalue weighted by Gasteiger charge is 2.63. The molecule has 0 aromatic carbocycles. The van der Waals surface area contributed by atoms with Crippen molar-refractivity contribution >= 4 is 0 Å². The van der Waals surface area contributed by atoms with Gasteiger partial charge in [0.1, 0.15) is 0 Å². The van der Waals surface area contributed by atoms with Crippen LogP contribution in [0.15, 0.2) is 0 Å². The third-order valence-electron chi connectivity index (χ3n) is 3.56. The van der Waals surface area contributed by atoms with E-state index >= 15 is 0 Å². The van der Waals surface area contributed by atoms with Crippen molar-refractivity contribution in [2.45, 2.75) is 32.2 Å². The van der Waals surface area contributed by atoms with Crippen LogP contribution in [0.2, 0.25) is 0 Å². The van der Waals surface area contributed by atoms with Gasteiger partial charge < -0.3 is 10.1 Å². The molecule has 2 nitrogen and oxygen atoms in total. The maximum atomic E-state index is 5.48. The van der Waals surface area contributed by atoms with Gasteiger partial charge in [0.05, 0.1) is 13.2 Å². The first-order chi connectivity index (χ1) is 5.22. The van der Waals surface area contributed by atoms with Crippen molar-refractivity contribution in [1.82, 2.24) is 5.32 Å². The van der Waals surface area contributed by atoms with Crippen LogP contribution in [-0.2, 0) is 4.74 Å². The summed E-state index contributed by atoms with van der Waals surface area (Å²) in [6.45, 7) is 7.48. The quantitative estimate of drug-likeness (QED) is 0.613. The monoisotopic (exact) mass is 155 g/mol. The van der Waals surface area contributed by atoms with E-state index in [0.717, 1.165) is 19.8 Å². The Kier molecular flexibility index (Phi) is 1.52. The highest BCUT2D eigenvalue weighted by molar-refractivity contribution is 5.19. The van der Waals surface area contributed by atoms with Crippen molar-refractivity contribution < 1.29 is 4.74 Å². The topological polar surface area (TPSA) is 21.3 Å². The Morgan fingerprint density at radius 3 is 2.82 bits per heavy atom. The van der Waals surface area contributed by atoms with Crippen molar-refractivity contribution in [1.29, 1.82) is 0 Å². The van der Waals surface area contributed by atoms with Crippen LogP contribution in [0.25, 0.3) is 0 Å². The number of hydrogen-bond acceptors (Lipinski definition) is 2. The Bertz CT molecular complexity index is 157. The summed E-state index contributed by atoms with van der Waals surface area (Å²) in [4.78, 5) is 0. The van der Waals surface area contributed by atoms with Crippen LogP contribution in [-0.4, -0.2) is 25.3 Å². The molecule has 2 heteroatoms. The lowest BCUT2D eigenvalue weighted by molar-refractivity contribution is 0.0528. The fraction of sp³-hybridized carbons (Fsp3) is 1.00. The van der Waals surface area contributed by atoms with E-state index in [2.05, 4.69) is 19.2 Å². The molecule has 0 aromatic heterocycles. The maximum absolute atomic E-state index is 5.48. The summed E-state index contributed by atoms with van der Waals surface area (Å²) in [5.41, 5.74) is 0.882. The minimum atomic E-state index is 0.361. The first-order valence-electron chi connectivity index (χ1n) is 4.55. The Morgan fingerprint density at radius 2 is 2.36 bits per heavy atom. The summed E-state index contributed by atoms with van der Waals surface area (Å²) in [5.74, 6) is 0. The Balaban J connectivity index is 2.03. The van der Waals surface area contributed by atoms with Crippen molar-refractivity contribution in [3.05, 3.63) is 0 Å². The Morgan fingerprint density at radius 1 is 1.55 bits per heavy atom. The maximum Gasteiger partial charge on any atom is 0.0654 e. The Labute approximate surface area is 68.3 Å². The largest absolute Gasteiger partial charge is 0.378 e. The van der Waals surface area contributed by atoms with E-state index in [1.807, 2.05) is 0 Å². The van der Waals surface area contributed by atoms with E-state index in [0.29, 0.717) is 11.0 Å². The van der Waals surface area contributed by atoms with Gasteiger partial charge in [-0.05, 0) is 18.3 Å². The van der Waals surface area contributed by atoms with Crippen molar-refractivity contribution in [2.24, 2.45) is 5.41 Å². The van der Waals surface area contributed by atoms with Crippen molar-refractivity contribution in [2.75, 3.05) is 19.8 Å². The molecular weight excluding hydrogens is 138 g/mol. The summed E-state index contributed by atoms with van der Waals surface area (Å²) >= 11 is 0. The van der Waals surface area contributed by atoms with Crippen LogP contribution in [0.3, 0.4) is 0 Å². The molecule has 1 saturated heterocycles. The first kappa shape index (κ1) is 7.56. The fourth-order valence-electron chi connectivity index (χ4n) is 2.25. The van der Waals surface area contributed by atoms with E-state index in [-0.39, 0.29) is 0 Å². The average Bonchev–Trinajstić information content (AvgIpc) is 2.59. The van der Waals surface area contributed by atoms with Crippen LogP contribution in [0.4, 0.5) is 0 Å². The first-order valence-corrected chi connectivity index (χ1v) is 4.55. The smallest absolute Gasteiger partial charge is 0.0654 e. The van der Waals surface area contributed by atoms with Crippen LogP contribution in [0, 0.1) is 5.41 Å². The van der Waals surface area contributed by atoms with Gasteiger partial charge in [-0.2, -0.15) is 0 Å². The molecule has 0 aromatic rings. The average molecular weight is 155 g/mol. The zero-order chi connectivity index (χ0) is 7.95. The molecule has 2 atom stereocenters. The number of morpholine rings is 1. The van der Waals surface area contributed by atoms with Gasteiger partial charge in [0.2, 0.25) is 0 Å². The van der Waals surface area contributed by atoms with Crippen molar-refractivity contribution in [3.63, 3.8) is 0 Å². The van der Waals surface area contributed by atoms with Gasteiger partial charge in [0.25, 0.3) is 0 Å². The lowest BCUT2D eigenvalue weighted by atomic mass is 9.99. The van der Waals surface area contributed by atoms with Crippen LogP contribution < -0.4 is 5.32 Å². The highest BCUT2D eigenvalue weighted by atomic mass is 16.5. The van der Waals surface area contributed by atoms with Gasteiger partial charge >= 0.3 is 0 Å². The van der Waals surface area contributed by atoms with E-state index in [9.17, 15) is 0 Å². The molecule has 64 valence electrons. The minimum absolute atomic E-state index is 0.361. The number of hydrogen-bond donors (Lipinski definition) is 1. The fourth-order valence-corrected chi connectivity index (χ4v) is 2.25. The minimum Gasteiger partial charge on any atom is -0.378 e. The van der Waals surface area contributed by atoms with Gasteiger partial charge in [0, 0.05) is 12.1 Å². The zero-order valence-corrected chi connectivity index (χ0v) is 7.44. The van der Waals surface area contributed by atoms with E-state index in [1.165, 1.54) is 12.8 Å². The molecule has 1 saturated carbocycles. The summed E-state index contributed by atoms with van der Waals surface area (Å²) in [5, 5.41) is 3.59. The second kappa shape index (κ2) is 2.20. The molecule has 2 rings (SSSR count). The Hall–Kier alpha value is -0.0800. The van der Waals surface area contributed by atoms with Gasteiger partial charge in [-0.25, -0.2) is 0 Å². The molecule has 1 spiro atoms. The molecular formula is C9H17NO. The molecule has 1 N–H and O–H groups in total. The summed E-state index contributed by atoms with van der Waals surface area (Å²) in [6, 6.07) is 0. The normalized spacial score (nSPS) is 49.6. The lowest BCUT2D eigenvalue weighted by Crippen LogP contribution is -2.47. The molecule has 11 heavy (non-hydrogen) atoms. The predicted molar refractivity (Wildman–Crippen MR) is 44.6 cm³/mol. The van der Waals surface area contributed by atoms with Gasteiger partial charge in [-0.1, -0.05) is 13.8 Å². The van der Waals surface area contributed by atoms with Gasteiger partial charge in [-0.3, -0.25) is 0 Å². The summed E-state index contributed by atoms with van der Waals surface area (Å²) < 4.78 is 5.48. The van der Waals surface area contributed by atoms with Crippen LogP contribution in [0.1, 0.15) is 26.7 Å². The zero-order valence-electron chi connectivity index (χ0n) is 7.44. The SMILES string of the molecule is CC[C@@]1(C)C[C@@]12COCCN2. The number of ether oxygens (including phenoxy) is 1. The molecule has 0 radical (unpaired) electrons. The summed E-state index contributed by atoms with van der Waals surface area (Å²) in [7, 11) is 0. The van der Waals surface area contributed by atoms with Gasteiger partial charge in [-0.15, -0.1) is 0 Å². The van der Waals surface area contributed by atoms with Crippen molar-refractivity contribution in [3.8, 4) is 0 Å². The lowest BCUT2D eigenvalue weighted by Gasteiger charge is -2.28. The second-order valence-corrected chi connectivity index (χ2v) is 4.15. The molecule has 2 aliphatic rings.